The van der Waals surface area contributed by atoms with E-state index in [0.717, 1.165) is 11.9 Å². The third kappa shape index (κ3) is 3.75. The highest BCUT2D eigenvalue weighted by molar-refractivity contribution is 5.84. The van der Waals surface area contributed by atoms with Crippen molar-refractivity contribution in [2.45, 2.75) is 19.5 Å². The number of aromatic nitrogens is 1. The lowest BCUT2D eigenvalue weighted by atomic mass is 10.1. The second-order valence-electron chi connectivity index (χ2n) is 4.34. The van der Waals surface area contributed by atoms with Crippen molar-refractivity contribution in [1.29, 1.82) is 0 Å². The first-order chi connectivity index (χ1) is 9.81. The van der Waals surface area contributed by atoms with E-state index in [-0.39, 0.29) is 6.17 Å². The Morgan fingerprint density at radius 3 is 3.05 bits per heavy atom. The zero-order valence-corrected chi connectivity index (χ0v) is 11.5. The first kappa shape index (κ1) is 13.9. The summed E-state index contributed by atoms with van der Waals surface area (Å²) in [5.74, 6) is 0. The van der Waals surface area contributed by atoms with Gasteiger partial charge in [0.1, 0.15) is 6.17 Å². The van der Waals surface area contributed by atoms with Gasteiger partial charge in [-0.25, -0.2) is 0 Å². The van der Waals surface area contributed by atoms with Gasteiger partial charge >= 0.3 is 0 Å². The molecule has 0 fully saturated rings. The fraction of sp³-hybridized carbons (Fsp3) is 0.188. The van der Waals surface area contributed by atoms with Crippen molar-refractivity contribution in [2.75, 3.05) is 0 Å². The summed E-state index contributed by atoms with van der Waals surface area (Å²) >= 11 is 0. The number of allylic oxidation sites excluding steroid dienone is 1. The second-order valence-corrected chi connectivity index (χ2v) is 4.34. The predicted octanol–water partition coefficient (Wildman–Crippen LogP) is 2.96. The predicted molar refractivity (Wildman–Crippen MR) is 85.2 cm³/mol. The molecule has 20 heavy (non-hydrogen) atoms. The van der Waals surface area contributed by atoms with Gasteiger partial charge in [0.05, 0.1) is 5.52 Å². The maximum Gasteiger partial charge on any atom is 0.131 e. The van der Waals surface area contributed by atoms with Gasteiger partial charge in [0, 0.05) is 30.4 Å². The van der Waals surface area contributed by atoms with Crippen molar-refractivity contribution in [3.8, 4) is 0 Å². The van der Waals surface area contributed by atoms with E-state index in [1.165, 1.54) is 10.9 Å². The summed E-state index contributed by atoms with van der Waals surface area (Å²) in [7, 11) is 0. The Morgan fingerprint density at radius 1 is 1.35 bits per heavy atom. The van der Waals surface area contributed by atoms with Crippen LogP contribution in [0.3, 0.4) is 0 Å². The van der Waals surface area contributed by atoms with Crippen molar-refractivity contribution in [1.82, 2.24) is 10.4 Å². The zero-order valence-electron chi connectivity index (χ0n) is 11.5. The number of benzene rings is 1. The van der Waals surface area contributed by atoms with Crippen LogP contribution in [-0.2, 0) is 6.42 Å². The standard InChI is InChI=1S/C16H18N4/c1-3-10-17-13(2)20-19-12-9-14-8-11-18-16-7-5-4-6-15(14)16/h3-8,10-13,20H,1,9H2,2H3/b17-10-,19-12-. The Bertz CT molecular complexity index is 626. The molecule has 0 aliphatic carbocycles. The number of para-hydroxylation sites is 1. The first-order valence-corrected chi connectivity index (χ1v) is 6.55. The van der Waals surface area contributed by atoms with Crippen LogP contribution in [0.2, 0.25) is 0 Å². The summed E-state index contributed by atoms with van der Waals surface area (Å²) in [5.41, 5.74) is 5.16. The molecule has 1 atom stereocenters. The normalized spacial score (nSPS) is 13.1. The number of nitrogens with zero attached hydrogens (tertiary/aromatic N) is 3. The van der Waals surface area contributed by atoms with E-state index in [0.29, 0.717) is 0 Å². The SMILES string of the molecule is C=C/C=N\C(C)N/N=C\Cc1ccnc2ccccc12. The average molecular weight is 266 g/mol. The minimum atomic E-state index is -0.0570. The van der Waals surface area contributed by atoms with E-state index in [4.69, 9.17) is 0 Å². The van der Waals surface area contributed by atoms with E-state index >= 15 is 0 Å². The average Bonchev–Trinajstić information content (AvgIpc) is 2.49. The summed E-state index contributed by atoms with van der Waals surface area (Å²) in [4.78, 5) is 8.50. The van der Waals surface area contributed by atoms with Crippen LogP contribution in [0.1, 0.15) is 12.5 Å². The first-order valence-electron chi connectivity index (χ1n) is 6.55. The highest BCUT2D eigenvalue weighted by Crippen LogP contribution is 2.15. The molecule has 0 radical (unpaired) electrons. The Balaban J connectivity index is 1.99. The van der Waals surface area contributed by atoms with Gasteiger partial charge < -0.3 is 0 Å². The molecule has 0 aliphatic heterocycles. The third-order valence-corrected chi connectivity index (χ3v) is 2.82. The van der Waals surface area contributed by atoms with Gasteiger partial charge in [-0.1, -0.05) is 30.9 Å². The number of aliphatic imine (C=N–C) groups is 1. The monoisotopic (exact) mass is 266 g/mol. The molecule has 2 rings (SSSR count). The number of hydrazone groups is 1. The van der Waals surface area contributed by atoms with Gasteiger partial charge in [0.2, 0.25) is 0 Å². The Morgan fingerprint density at radius 2 is 2.20 bits per heavy atom. The minimum Gasteiger partial charge on any atom is -0.287 e. The number of nitrogens with one attached hydrogen (secondary N) is 1. The summed E-state index contributed by atoms with van der Waals surface area (Å²) in [6.07, 6.45) is 7.68. The zero-order chi connectivity index (χ0) is 14.2. The van der Waals surface area contributed by atoms with E-state index in [1.807, 2.05) is 43.6 Å². The lowest BCUT2D eigenvalue weighted by Gasteiger charge is -2.05. The molecule has 102 valence electrons. The van der Waals surface area contributed by atoms with Crippen LogP contribution < -0.4 is 5.43 Å². The molecule has 0 saturated heterocycles. The molecular weight excluding hydrogens is 248 g/mol. The minimum absolute atomic E-state index is 0.0570. The fourth-order valence-electron chi connectivity index (χ4n) is 1.86. The molecule has 1 aromatic carbocycles. The van der Waals surface area contributed by atoms with E-state index in [9.17, 15) is 0 Å². The van der Waals surface area contributed by atoms with Gasteiger partial charge in [-0.2, -0.15) is 5.10 Å². The Hall–Kier alpha value is -2.49. The van der Waals surface area contributed by atoms with Crippen LogP contribution in [-0.4, -0.2) is 23.6 Å². The maximum atomic E-state index is 4.34. The van der Waals surface area contributed by atoms with Crippen molar-refractivity contribution in [3.05, 3.63) is 54.7 Å². The molecular formula is C16H18N4. The Kier molecular flexibility index (Phi) is 5.00. The van der Waals surface area contributed by atoms with E-state index < -0.39 is 0 Å². The maximum absolute atomic E-state index is 4.34. The lowest BCUT2D eigenvalue weighted by Crippen LogP contribution is -2.18. The molecule has 2 aromatic rings. The molecule has 1 unspecified atom stereocenters. The summed E-state index contributed by atoms with van der Waals surface area (Å²) in [6.45, 7) is 5.51. The van der Waals surface area contributed by atoms with Gasteiger partial charge in [-0.15, -0.1) is 0 Å². The largest absolute Gasteiger partial charge is 0.287 e. The second kappa shape index (κ2) is 7.19. The number of fused-ring (bicyclic) bond motifs is 1. The smallest absolute Gasteiger partial charge is 0.131 e. The highest BCUT2D eigenvalue weighted by atomic mass is 15.3. The quantitative estimate of drug-likeness (QED) is 0.645. The third-order valence-electron chi connectivity index (χ3n) is 2.82. The van der Waals surface area contributed by atoms with Crippen LogP contribution in [0.15, 0.2) is 59.3 Å². The summed E-state index contributed by atoms with van der Waals surface area (Å²) in [6, 6.07) is 10.1. The molecule has 0 amide bonds. The lowest BCUT2D eigenvalue weighted by molar-refractivity contribution is 0.601. The fourth-order valence-corrected chi connectivity index (χ4v) is 1.86. The number of rotatable bonds is 6. The molecule has 1 N–H and O–H groups in total. The van der Waals surface area contributed by atoms with Gasteiger partial charge in [-0.05, 0) is 24.6 Å². The van der Waals surface area contributed by atoms with Crippen molar-refractivity contribution < 1.29 is 0 Å². The van der Waals surface area contributed by atoms with Crippen LogP contribution in [0, 0.1) is 0 Å². The van der Waals surface area contributed by atoms with Crippen LogP contribution in [0.5, 0.6) is 0 Å². The van der Waals surface area contributed by atoms with Crippen LogP contribution in [0.4, 0.5) is 0 Å². The molecule has 0 aliphatic rings. The Labute approximate surface area is 119 Å². The molecule has 0 saturated carbocycles. The van der Waals surface area contributed by atoms with Crippen LogP contribution >= 0.6 is 0 Å². The number of hydrogen-bond donors (Lipinski definition) is 1. The van der Waals surface area contributed by atoms with E-state index in [2.05, 4.69) is 33.1 Å². The van der Waals surface area contributed by atoms with Gasteiger partial charge in [-0.3, -0.25) is 15.4 Å². The molecule has 0 bridgehead atoms. The summed E-state index contributed by atoms with van der Waals surface area (Å²) in [5, 5.41) is 5.35. The van der Waals surface area contributed by atoms with Gasteiger partial charge in [0.25, 0.3) is 0 Å². The van der Waals surface area contributed by atoms with E-state index in [1.54, 1.807) is 12.3 Å². The van der Waals surface area contributed by atoms with Crippen molar-refractivity contribution >= 4 is 23.3 Å². The van der Waals surface area contributed by atoms with Crippen LogP contribution in [0.25, 0.3) is 10.9 Å². The molecule has 4 heteroatoms. The van der Waals surface area contributed by atoms with Gasteiger partial charge in [0.15, 0.2) is 0 Å². The highest BCUT2D eigenvalue weighted by Gasteiger charge is 1.99. The topological polar surface area (TPSA) is 49.6 Å². The molecule has 4 nitrogen and oxygen atoms in total. The number of hydrogen-bond acceptors (Lipinski definition) is 4. The van der Waals surface area contributed by atoms with Crippen molar-refractivity contribution in [2.24, 2.45) is 10.1 Å². The molecule has 1 aromatic heterocycles. The molecule has 1 heterocycles. The molecule has 0 spiro atoms. The number of pyridine rings is 1. The summed E-state index contributed by atoms with van der Waals surface area (Å²) < 4.78 is 0. The van der Waals surface area contributed by atoms with Crippen molar-refractivity contribution in [3.63, 3.8) is 0 Å².